The number of nitrogens with zero attached hydrogens (tertiary/aromatic N) is 2. The number of para-hydroxylation sites is 1. The van der Waals surface area contributed by atoms with Gasteiger partial charge in [-0.25, -0.2) is 4.79 Å². The molecular weight excluding hydrogens is 358 g/mol. The minimum Gasteiger partial charge on any atom is -0.359 e. The summed E-state index contributed by atoms with van der Waals surface area (Å²) in [5.74, 6) is 1.09. The van der Waals surface area contributed by atoms with E-state index in [0.29, 0.717) is 5.92 Å². The molecule has 1 saturated heterocycles. The fourth-order valence-corrected chi connectivity index (χ4v) is 3.17. The predicted octanol–water partition coefficient (Wildman–Crippen LogP) is 4.93. The van der Waals surface area contributed by atoms with Crippen LogP contribution in [0, 0.1) is 0 Å². The summed E-state index contributed by atoms with van der Waals surface area (Å²) in [7, 11) is 0. The number of hydrogen-bond acceptors (Lipinski definition) is 3. The number of nitrogens with one attached hydrogen (secondary N) is 1. The molecule has 122 valence electrons. The van der Waals surface area contributed by atoms with Crippen LogP contribution in [0.1, 0.15) is 50.1 Å². The molecule has 0 bridgehead atoms. The molecule has 0 saturated carbocycles. The monoisotopic (exact) mass is 377 g/mol. The van der Waals surface area contributed by atoms with Gasteiger partial charge < -0.3 is 14.7 Å². The maximum Gasteiger partial charge on any atom is 0.322 e. The standard InChI is InChI=1S/C17H20BrN3O2/c1-11(2)14-10-16(23-20-14)15-8-5-9-21(15)17(22)19-13-7-4-3-6-12(13)18/h3-4,6-7,10-11,15H,5,8-9H2,1-2H3,(H,19,22)/t15-/m1/s1. The fraction of sp³-hybridized carbons (Fsp3) is 0.412. The zero-order valence-electron chi connectivity index (χ0n) is 13.3. The van der Waals surface area contributed by atoms with Crippen LogP contribution < -0.4 is 5.32 Å². The lowest BCUT2D eigenvalue weighted by Crippen LogP contribution is -2.34. The molecule has 2 aromatic rings. The van der Waals surface area contributed by atoms with Gasteiger partial charge in [0, 0.05) is 17.1 Å². The Morgan fingerprint density at radius 2 is 2.22 bits per heavy atom. The first-order valence-electron chi connectivity index (χ1n) is 7.85. The van der Waals surface area contributed by atoms with E-state index < -0.39 is 0 Å². The number of amides is 2. The van der Waals surface area contributed by atoms with Gasteiger partial charge in [0.1, 0.15) is 0 Å². The Balaban J connectivity index is 1.75. The van der Waals surface area contributed by atoms with E-state index in [1.807, 2.05) is 35.2 Å². The van der Waals surface area contributed by atoms with Crippen molar-refractivity contribution >= 4 is 27.6 Å². The van der Waals surface area contributed by atoms with Crippen LogP contribution in [-0.4, -0.2) is 22.6 Å². The van der Waals surface area contributed by atoms with E-state index in [1.54, 1.807) is 0 Å². The summed E-state index contributed by atoms with van der Waals surface area (Å²) in [5.41, 5.74) is 1.70. The van der Waals surface area contributed by atoms with Gasteiger partial charge in [-0.15, -0.1) is 0 Å². The second-order valence-electron chi connectivity index (χ2n) is 6.07. The Bertz CT molecular complexity index is 699. The largest absolute Gasteiger partial charge is 0.359 e. The van der Waals surface area contributed by atoms with Crippen molar-refractivity contribution in [2.45, 2.75) is 38.6 Å². The van der Waals surface area contributed by atoms with Gasteiger partial charge in [0.25, 0.3) is 0 Å². The maximum atomic E-state index is 12.6. The fourth-order valence-electron chi connectivity index (χ4n) is 2.79. The highest BCUT2D eigenvalue weighted by atomic mass is 79.9. The summed E-state index contributed by atoms with van der Waals surface area (Å²) in [6, 6.07) is 9.41. The van der Waals surface area contributed by atoms with Crippen molar-refractivity contribution in [1.82, 2.24) is 10.1 Å². The molecule has 0 aliphatic carbocycles. The highest BCUT2D eigenvalue weighted by Crippen LogP contribution is 2.34. The molecule has 1 aliphatic rings. The molecule has 3 rings (SSSR count). The number of halogens is 1. The van der Waals surface area contributed by atoms with Crippen molar-refractivity contribution in [2.75, 3.05) is 11.9 Å². The van der Waals surface area contributed by atoms with Gasteiger partial charge in [0.2, 0.25) is 0 Å². The molecule has 1 N–H and O–H groups in total. The molecule has 0 spiro atoms. The Labute approximate surface area is 144 Å². The van der Waals surface area contributed by atoms with Gasteiger partial charge in [-0.2, -0.15) is 0 Å². The first-order chi connectivity index (χ1) is 11.1. The minimum atomic E-state index is -0.109. The van der Waals surface area contributed by atoms with E-state index in [4.69, 9.17) is 4.52 Å². The Morgan fingerprint density at radius 1 is 1.43 bits per heavy atom. The lowest BCUT2D eigenvalue weighted by Gasteiger charge is -2.23. The van der Waals surface area contributed by atoms with Gasteiger partial charge in [-0.05, 0) is 46.8 Å². The number of urea groups is 1. The van der Waals surface area contributed by atoms with Crippen LogP contribution in [0.15, 0.2) is 39.3 Å². The van der Waals surface area contributed by atoms with E-state index in [-0.39, 0.29) is 12.1 Å². The molecule has 23 heavy (non-hydrogen) atoms. The lowest BCUT2D eigenvalue weighted by molar-refractivity contribution is 0.195. The van der Waals surface area contributed by atoms with Gasteiger partial charge in [0.05, 0.1) is 17.4 Å². The summed E-state index contributed by atoms with van der Waals surface area (Å²) in [6.45, 7) is 4.88. The van der Waals surface area contributed by atoms with Crippen molar-refractivity contribution < 1.29 is 9.32 Å². The third-order valence-corrected chi connectivity index (χ3v) is 4.79. The summed E-state index contributed by atoms with van der Waals surface area (Å²) < 4.78 is 6.35. The molecule has 1 aromatic heterocycles. The number of anilines is 1. The average Bonchev–Trinajstić information content (AvgIpc) is 3.17. The molecule has 1 fully saturated rings. The molecular formula is C17H20BrN3O2. The second-order valence-corrected chi connectivity index (χ2v) is 6.92. The van der Waals surface area contributed by atoms with Gasteiger partial charge >= 0.3 is 6.03 Å². The van der Waals surface area contributed by atoms with Crippen LogP contribution in [0.5, 0.6) is 0 Å². The number of likely N-dealkylation sites (tertiary alicyclic amines) is 1. The topological polar surface area (TPSA) is 58.4 Å². The van der Waals surface area contributed by atoms with E-state index in [9.17, 15) is 4.79 Å². The Morgan fingerprint density at radius 3 is 2.91 bits per heavy atom. The van der Waals surface area contributed by atoms with Crippen LogP contribution in [0.3, 0.4) is 0 Å². The molecule has 1 aromatic carbocycles. The highest BCUT2D eigenvalue weighted by molar-refractivity contribution is 9.10. The lowest BCUT2D eigenvalue weighted by atomic mass is 10.1. The van der Waals surface area contributed by atoms with E-state index >= 15 is 0 Å². The average molecular weight is 378 g/mol. The van der Waals surface area contributed by atoms with Crippen molar-refractivity contribution in [2.24, 2.45) is 0 Å². The SMILES string of the molecule is CC(C)c1cc([C@H]2CCCN2C(=O)Nc2ccccc2Br)on1. The third-order valence-electron chi connectivity index (χ3n) is 4.10. The summed E-state index contributed by atoms with van der Waals surface area (Å²) >= 11 is 3.45. The molecule has 1 atom stereocenters. The van der Waals surface area contributed by atoms with Crippen molar-refractivity contribution in [1.29, 1.82) is 0 Å². The van der Waals surface area contributed by atoms with Crippen LogP contribution in [-0.2, 0) is 0 Å². The Hall–Kier alpha value is -1.82. The highest BCUT2D eigenvalue weighted by Gasteiger charge is 2.33. The van der Waals surface area contributed by atoms with Crippen LogP contribution in [0.25, 0.3) is 0 Å². The molecule has 5 nitrogen and oxygen atoms in total. The first kappa shape index (κ1) is 16.1. The van der Waals surface area contributed by atoms with Crippen LogP contribution in [0.2, 0.25) is 0 Å². The zero-order valence-corrected chi connectivity index (χ0v) is 14.8. The number of carbonyl (C=O) groups excluding carboxylic acids is 1. The first-order valence-corrected chi connectivity index (χ1v) is 8.64. The zero-order chi connectivity index (χ0) is 16.4. The van der Waals surface area contributed by atoms with Crippen molar-refractivity contribution in [3.05, 3.63) is 46.3 Å². The summed E-state index contributed by atoms with van der Waals surface area (Å²) in [5, 5.41) is 7.07. The van der Waals surface area contributed by atoms with E-state index in [0.717, 1.165) is 41.0 Å². The quantitative estimate of drug-likeness (QED) is 0.824. The molecule has 1 aliphatic heterocycles. The van der Waals surface area contributed by atoms with Gasteiger partial charge in [-0.3, -0.25) is 0 Å². The smallest absolute Gasteiger partial charge is 0.322 e. The van der Waals surface area contributed by atoms with Crippen molar-refractivity contribution in [3.8, 4) is 0 Å². The molecule has 0 unspecified atom stereocenters. The van der Waals surface area contributed by atoms with Gasteiger partial charge in [0.15, 0.2) is 5.76 Å². The van der Waals surface area contributed by atoms with Crippen LogP contribution >= 0.6 is 15.9 Å². The predicted molar refractivity (Wildman–Crippen MR) is 92.4 cm³/mol. The van der Waals surface area contributed by atoms with Crippen LogP contribution in [0.4, 0.5) is 10.5 Å². The summed E-state index contributed by atoms with van der Waals surface area (Å²) in [6.07, 6.45) is 1.86. The van der Waals surface area contributed by atoms with Gasteiger partial charge in [-0.1, -0.05) is 31.1 Å². The van der Waals surface area contributed by atoms with Crippen molar-refractivity contribution in [3.63, 3.8) is 0 Å². The van der Waals surface area contributed by atoms with E-state index in [2.05, 4.69) is 40.3 Å². The third kappa shape index (κ3) is 3.42. The Kier molecular flexibility index (Phi) is 4.71. The molecule has 6 heteroatoms. The number of carbonyl (C=O) groups is 1. The number of hydrogen-bond donors (Lipinski definition) is 1. The normalized spacial score (nSPS) is 17.7. The molecule has 2 amide bonds. The summed E-state index contributed by atoms with van der Waals surface area (Å²) in [4.78, 5) is 14.4. The number of aromatic nitrogens is 1. The maximum absolute atomic E-state index is 12.6. The molecule has 0 radical (unpaired) electrons. The van der Waals surface area contributed by atoms with E-state index in [1.165, 1.54) is 0 Å². The molecule has 2 heterocycles. The minimum absolute atomic E-state index is 0.0440. The second kappa shape index (κ2) is 6.74. The number of rotatable bonds is 3. The number of benzene rings is 1.